The monoisotopic (exact) mass is 1750 g/mol. The zero-order chi connectivity index (χ0) is 86.2. The molecular formula is C78H102Cl3N5O30Si2. The van der Waals surface area contributed by atoms with Crippen molar-refractivity contribution >= 4 is 110 Å². The average molecular weight is 1750 g/mol. The summed E-state index contributed by atoms with van der Waals surface area (Å²) in [7, 11) is -5.50. The molecule has 5 heterocycles. The van der Waals surface area contributed by atoms with E-state index in [2.05, 4.69) is 20.7 Å². The van der Waals surface area contributed by atoms with Crippen molar-refractivity contribution in [1.82, 2.24) is 10.6 Å². The SMILES string of the molecule is COC(=O)[C@H](CO[C@H]1O[C@H](CO[Si](C)(C)C(C)(C)C)[C@H](O)[C@H](O[C@@H]2O[C@@H]3CO[C@@H](c4ccccc4)O[C@@H]3[C@H](O[C@@H]3O[C@H](CO[Si](c4ccccc4)(c4ccccc4)C(C)(C)C)[C@@H](O[C@@H]4O[C@H](COC(C)=O)[C@H](OC(C)=O)[C@H](OC(C)=O)[C@H]4OC(C)=O)[C@H](OC(C)=O)[C@H]3NC(=O)OCC(Cl)(Cl)Cl)[C@H]2O)[C@H]1N=[N+]=[N-])NC(=O)OCc1ccccc1. The van der Waals surface area contributed by atoms with Crippen molar-refractivity contribution < 1.29 is 143 Å². The molecular weight excluding hydrogens is 1650 g/mol. The second-order valence-electron chi connectivity index (χ2n) is 30.9. The topological polar surface area (TPSA) is 434 Å². The highest BCUT2D eigenvalue weighted by molar-refractivity contribution is 6.99. The molecule has 40 heteroatoms. The second kappa shape index (κ2) is 41.7. The van der Waals surface area contributed by atoms with Crippen LogP contribution in [0.15, 0.2) is 126 Å². The largest absolute Gasteiger partial charge is 0.467 e. The van der Waals surface area contributed by atoms with Gasteiger partial charge in [0.1, 0.15) is 92.9 Å². The first-order valence-corrected chi connectivity index (χ1v) is 43.9. The summed E-state index contributed by atoms with van der Waals surface area (Å²) in [4.78, 5) is 111. The third-order valence-corrected chi connectivity index (χ3v) is 30.2. The number of azide groups is 1. The summed E-state index contributed by atoms with van der Waals surface area (Å²) in [6.45, 7) is 16.8. The van der Waals surface area contributed by atoms with Crippen LogP contribution in [0, 0.1) is 0 Å². The van der Waals surface area contributed by atoms with E-state index < -0.39 is 240 Å². The molecule has 4 aromatic carbocycles. The number of benzene rings is 4. The van der Waals surface area contributed by atoms with E-state index in [4.69, 9.17) is 129 Å². The molecule has 0 unspecified atom stereocenters. The standard InChI is InChI=1S/C78H102Cl3N5O30Si2/c1-42(87)98-37-53-62(105-43(2)88)66(107-45(4)90)67(108-46(5)91)73(112-53)114-60-55(40-104-118(77(9,10)11,49-31-23-17-24-32-49)50-33-25-18-26-34-50)110-71(56(64(60)106-44(3)89)84-75(96)102-41-78(79,80)81)116-65-59(93)72(111-54-38-100-69(113-61(54)65)48-29-21-16-22-30-48)115-63-57(85-86-82)70(109-52(58(63)92)39-103-117(13,14)76(6,7)8)99-36-51(68(94)97-12)83-74(95)101-35-47-27-19-15-20-28-47/h15-34,51-67,69-73,92-93H,35-41H2,1-14H3,(H,83,95)(H,84,96)/t51-,52+,53+,54+,55+,56+,57+,58-,59+,60+,61-,62-,63+,64+,65+,66-,67+,69+,70-,71-,72-,73-/m0/s1. The molecule has 0 saturated carbocycles. The Labute approximate surface area is 699 Å². The van der Waals surface area contributed by atoms with Crippen molar-refractivity contribution in [2.24, 2.45) is 5.11 Å². The van der Waals surface area contributed by atoms with Crippen LogP contribution in [0.1, 0.15) is 93.6 Å². The third-order valence-electron chi connectivity index (χ3n) is 20.3. The lowest BCUT2D eigenvalue weighted by Crippen LogP contribution is -2.72. The fourth-order valence-corrected chi connectivity index (χ4v) is 19.7. The normalized spacial score (nSPS) is 29.0. The van der Waals surface area contributed by atoms with Crippen LogP contribution in [-0.2, 0) is 129 Å². The van der Waals surface area contributed by atoms with Crippen LogP contribution >= 0.6 is 34.8 Å². The van der Waals surface area contributed by atoms with Gasteiger partial charge in [0, 0.05) is 45.1 Å². The third kappa shape index (κ3) is 24.6. The fraction of sp³-hybridized carbons (Fsp3) is 0.590. The van der Waals surface area contributed by atoms with Gasteiger partial charge in [-0.15, -0.1) is 0 Å². The number of hydrogen-bond donors (Lipinski definition) is 4. The van der Waals surface area contributed by atoms with Gasteiger partial charge in [-0.1, -0.05) is 203 Å². The Bertz CT molecular complexity index is 4020. The minimum absolute atomic E-state index is 0.195. The molecule has 5 saturated heterocycles. The maximum Gasteiger partial charge on any atom is 0.408 e. The van der Waals surface area contributed by atoms with Crippen molar-refractivity contribution in [3.8, 4) is 0 Å². The van der Waals surface area contributed by atoms with Crippen molar-refractivity contribution in [1.29, 1.82) is 0 Å². The van der Waals surface area contributed by atoms with E-state index in [-0.39, 0.29) is 19.8 Å². The van der Waals surface area contributed by atoms with Gasteiger partial charge in [0.15, 0.2) is 70.2 Å². The molecule has 5 fully saturated rings. The highest BCUT2D eigenvalue weighted by atomic mass is 35.6. The molecule has 0 spiro atoms. The zero-order valence-corrected chi connectivity index (χ0v) is 71.8. The molecule has 2 amide bonds. The first-order chi connectivity index (χ1) is 55.7. The molecule has 5 aliphatic heterocycles. The Balaban J connectivity index is 1.20. The molecule has 0 radical (unpaired) electrons. The Kier molecular flexibility index (Phi) is 33.3. The van der Waals surface area contributed by atoms with Crippen LogP contribution in [-0.4, -0.2) is 254 Å². The summed E-state index contributed by atoms with van der Waals surface area (Å²) in [6, 6.07) is 30.3. The summed E-state index contributed by atoms with van der Waals surface area (Å²) in [5.41, 5.74) is 11.5. The molecule has 9 rings (SSSR count). The van der Waals surface area contributed by atoms with Gasteiger partial charge in [0.05, 0.1) is 33.5 Å². The number of nitrogens with zero attached hydrogens (tertiary/aromatic N) is 3. The maximum absolute atomic E-state index is 14.7. The lowest BCUT2D eigenvalue weighted by atomic mass is 9.93. The number of amides is 2. The van der Waals surface area contributed by atoms with Crippen molar-refractivity contribution in [2.75, 3.05) is 46.8 Å². The number of carbonyl (C=O) groups is 8. The number of ether oxygens (including phenoxy) is 18. The number of halogens is 3. The number of aliphatic hydroxyl groups excluding tert-OH is 2. The van der Waals surface area contributed by atoms with Gasteiger partial charge in [-0.3, -0.25) is 24.0 Å². The van der Waals surface area contributed by atoms with Gasteiger partial charge in [0.2, 0.25) is 3.79 Å². The molecule has 0 aliphatic carbocycles. The number of rotatable bonds is 31. The Morgan fingerprint density at radius 1 is 0.559 bits per heavy atom. The van der Waals surface area contributed by atoms with Gasteiger partial charge >= 0.3 is 48.0 Å². The fourth-order valence-electron chi connectivity index (χ4n) is 13.9. The second-order valence-corrected chi connectivity index (χ2v) is 42.6. The summed E-state index contributed by atoms with van der Waals surface area (Å²) in [5.74, 6) is -5.93. The van der Waals surface area contributed by atoms with E-state index in [9.17, 15) is 54.1 Å². The molecule has 0 aromatic heterocycles. The van der Waals surface area contributed by atoms with Gasteiger partial charge < -0.3 is 115 Å². The minimum atomic E-state index is -3.81. The van der Waals surface area contributed by atoms with Gasteiger partial charge in [-0.2, -0.15) is 0 Å². The number of methoxy groups -OCH3 is 1. The number of esters is 6. The van der Waals surface area contributed by atoms with Crippen LogP contribution in [0.5, 0.6) is 0 Å². The van der Waals surface area contributed by atoms with Crippen LogP contribution in [0.3, 0.4) is 0 Å². The van der Waals surface area contributed by atoms with E-state index >= 15 is 0 Å². The first-order valence-electron chi connectivity index (χ1n) is 37.9. The number of alkyl carbamates (subject to hydrolysis) is 2. The number of alkyl halides is 3. The number of fused-ring (bicyclic) bond motifs is 1. The molecule has 648 valence electrons. The minimum Gasteiger partial charge on any atom is -0.467 e. The summed E-state index contributed by atoms with van der Waals surface area (Å²) >= 11 is 18.5. The predicted molar refractivity (Wildman–Crippen MR) is 420 cm³/mol. The van der Waals surface area contributed by atoms with Crippen molar-refractivity contribution in [2.45, 2.75) is 245 Å². The summed E-state index contributed by atoms with van der Waals surface area (Å²) in [5, 5.41) is 35.6. The predicted octanol–water partition coefficient (Wildman–Crippen LogP) is 7.39. The highest BCUT2D eigenvalue weighted by Gasteiger charge is 2.62. The van der Waals surface area contributed by atoms with Crippen LogP contribution in [0.4, 0.5) is 9.59 Å². The molecule has 35 nitrogen and oxygen atoms in total. The number of carbonyl (C=O) groups excluding carboxylic acids is 8. The Morgan fingerprint density at radius 2 is 1.08 bits per heavy atom. The van der Waals surface area contributed by atoms with Gasteiger partial charge in [0.25, 0.3) is 8.32 Å². The molecule has 22 atom stereocenters. The first kappa shape index (κ1) is 94.1. The van der Waals surface area contributed by atoms with Gasteiger partial charge in [-0.05, 0) is 44.6 Å². The van der Waals surface area contributed by atoms with Crippen molar-refractivity contribution in [3.05, 3.63) is 143 Å². The number of nitrogens with one attached hydrogen (secondary N) is 2. The number of hydrogen-bond acceptors (Lipinski definition) is 31. The highest BCUT2D eigenvalue weighted by Crippen LogP contribution is 2.44. The van der Waals surface area contributed by atoms with E-state index in [1.807, 2.05) is 115 Å². The smallest absolute Gasteiger partial charge is 0.408 e. The summed E-state index contributed by atoms with van der Waals surface area (Å²) < 4.78 is 124. The average Bonchev–Trinajstić information content (AvgIpc) is 0.744. The Hall–Kier alpha value is -7.71. The summed E-state index contributed by atoms with van der Waals surface area (Å²) in [6.07, 6.45) is -36.9. The lowest BCUT2D eigenvalue weighted by molar-refractivity contribution is -0.401. The van der Waals surface area contributed by atoms with Crippen LogP contribution in [0.25, 0.3) is 10.4 Å². The van der Waals surface area contributed by atoms with E-state index in [1.54, 1.807) is 60.7 Å². The van der Waals surface area contributed by atoms with E-state index in [0.29, 0.717) is 11.1 Å². The van der Waals surface area contributed by atoms with E-state index in [0.717, 1.165) is 52.1 Å². The van der Waals surface area contributed by atoms with Crippen LogP contribution < -0.4 is 21.0 Å². The molecule has 5 aliphatic rings. The number of aliphatic hydroxyl groups is 2. The maximum atomic E-state index is 14.7. The molecule has 0 bridgehead atoms. The molecule has 118 heavy (non-hydrogen) atoms. The van der Waals surface area contributed by atoms with E-state index in [1.165, 1.54) is 0 Å². The Morgan fingerprint density at radius 3 is 1.64 bits per heavy atom. The molecule has 4 N–H and O–H groups in total. The van der Waals surface area contributed by atoms with Crippen molar-refractivity contribution in [3.63, 3.8) is 0 Å². The zero-order valence-electron chi connectivity index (χ0n) is 67.5. The quantitative estimate of drug-likeness (QED) is 0.00725. The molecule has 4 aromatic rings. The lowest BCUT2D eigenvalue weighted by Gasteiger charge is -2.53. The van der Waals surface area contributed by atoms with Crippen LogP contribution in [0.2, 0.25) is 23.2 Å². The van der Waals surface area contributed by atoms with Gasteiger partial charge in [-0.25, -0.2) is 14.4 Å².